The first-order valence-corrected chi connectivity index (χ1v) is 8.46. The van der Waals surface area contributed by atoms with Gasteiger partial charge in [0.25, 0.3) is 0 Å². The third-order valence-electron chi connectivity index (χ3n) is 3.26. The van der Waals surface area contributed by atoms with Crippen molar-refractivity contribution < 1.29 is 13.5 Å². The van der Waals surface area contributed by atoms with Crippen molar-refractivity contribution in [2.45, 2.75) is 25.0 Å². The van der Waals surface area contributed by atoms with Gasteiger partial charge in [0.1, 0.15) is 0 Å². The van der Waals surface area contributed by atoms with Crippen LogP contribution >= 0.6 is 0 Å². The van der Waals surface area contributed by atoms with Gasteiger partial charge in [0, 0.05) is 12.2 Å². The Bertz CT molecular complexity index is 694. The molecule has 2 N–H and O–H groups in total. The van der Waals surface area contributed by atoms with E-state index >= 15 is 0 Å². The Labute approximate surface area is 125 Å². The SMILES string of the molecule is CCS(=O)(=O)c1ccc(NCc2cccc(CO)c2)cc1. The van der Waals surface area contributed by atoms with Crippen LogP contribution in [0.4, 0.5) is 5.69 Å². The molecule has 0 bridgehead atoms. The summed E-state index contributed by atoms with van der Waals surface area (Å²) in [4.78, 5) is 0.345. The fourth-order valence-electron chi connectivity index (χ4n) is 1.99. The highest BCUT2D eigenvalue weighted by Gasteiger charge is 2.10. The van der Waals surface area contributed by atoms with Crippen molar-refractivity contribution >= 4 is 15.5 Å². The lowest BCUT2D eigenvalue weighted by molar-refractivity contribution is 0.281. The molecule has 0 radical (unpaired) electrons. The maximum Gasteiger partial charge on any atom is 0.178 e. The van der Waals surface area contributed by atoms with Crippen LogP contribution in [-0.2, 0) is 23.0 Å². The first-order valence-electron chi connectivity index (χ1n) is 6.80. The van der Waals surface area contributed by atoms with E-state index in [1.165, 1.54) is 0 Å². The quantitative estimate of drug-likeness (QED) is 0.861. The Hall–Kier alpha value is -1.85. The molecule has 0 aromatic heterocycles. The van der Waals surface area contributed by atoms with Gasteiger partial charge in [0.05, 0.1) is 17.3 Å². The number of hydrogen-bond donors (Lipinski definition) is 2. The van der Waals surface area contributed by atoms with Crippen molar-refractivity contribution in [3.05, 3.63) is 59.7 Å². The highest BCUT2D eigenvalue weighted by Crippen LogP contribution is 2.16. The molecule has 0 spiro atoms. The highest BCUT2D eigenvalue weighted by molar-refractivity contribution is 7.91. The van der Waals surface area contributed by atoms with Crippen LogP contribution in [-0.4, -0.2) is 19.3 Å². The van der Waals surface area contributed by atoms with Crippen LogP contribution < -0.4 is 5.32 Å². The van der Waals surface area contributed by atoms with Crippen molar-refractivity contribution in [3.63, 3.8) is 0 Å². The largest absolute Gasteiger partial charge is 0.392 e. The molecule has 0 saturated carbocycles. The fourth-order valence-corrected chi connectivity index (χ4v) is 2.87. The van der Waals surface area contributed by atoms with E-state index in [9.17, 15) is 8.42 Å². The smallest absolute Gasteiger partial charge is 0.178 e. The van der Waals surface area contributed by atoms with Crippen LogP contribution in [0.3, 0.4) is 0 Å². The van der Waals surface area contributed by atoms with E-state index in [2.05, 4.69) is 5.32 Å². The van der Waals surface area contributed by atoms with E-state index in [0.717, 1.165) is 16.8 Å². The summed E-state index contributed by atoms with van der Waals surface area (Å²) in [5.41, 5.74) is 2.80. The van der Waals surface area contributed by atoms with Crippen molar-refractivity contribution in [2.75, 3.05) is 11.1 Å². The molecule has 0 aliphatic heterocycles. The van der Waals surface area contributed by atoms with Crippen molar-refractivity contribution in [1.29, 1.82) is 0 Å². The van der Waals surface area contributed by atoms with Crippen molar-refractivity contribution in [3.8, 4) is 0 Å². The molecule has 2 rings (SSSR count). The molecule has 0 saturated heterocycles. The molecular formula is C16H19NO3S. The maximum absolute atomic E-state index is 11.7. The average Bonchev–Trinajstić information content (AvgIpc) is 2.53. The van der Waals surface area contributed by atoms with E-state index in [-0.39, 0.29) is 12.4 Å². The summed E-state index contributed by atoms with van der Waals surface area (Å²) in [7, 11) is -3.15. The Balaban J connectivity index is 2.04. The second-order valence-electron chi connectivity index (χ2n) is 4.76. The lowest BCUT2D eigenvalue weighted by Gasteiger charge is -2.08. The molecule has 4 nitrogen and oxygen atoms in total. The number of rotatable bonds is 6. The minimum atomic E-state index is -3.15. The predicted molar refractivity (Wildman–Crippen MR) is 83.9 cm³/mol. The van der Waals surface area contributed by atoms with Gasteiger partial charge >= 0.3 is 0 Å². The topological polar surface area (TPSA) is 66.4 Å². The van der Waals surface area contributed by atoms with E-state index in [0.29, 0.717) is 11.4 Å². The van der Waals surface area contributed by atoms with Crippen LogP contribution in [0.15, 0.2) is 53.4 Å². The van der Waals surface area contributed by atoms with Crippen molar-refractivity contribution in [2.24, 2.45) is 0 Å². The molecule has 0 unspecified atom stereocenters. The van der Waals surface area contributed by atoms with E-state index in [4.69, 9.17) is 5.11 Å². The molecule has 0 aliphatic carbocycles. The second-order valence-corrected chi connectivity index (χ2v) is 7.04. The van der Waals surface area contributed by atoms with Gasteiger partial charge in [-0.1, -0.05) is 31.2 Å². The number of aliphatic hydroxyl groups is 1. The van der Waals surface area contributed by atoms with Gasteiger partial charge in [-0.25, -0.2) is 8.42 Å². The number of aliphatic hydroxyl groups excluding tert-OH is 1. The van der Waals surface area contributed by atoms with Gasteiger partial charge in [0.15, 0.2) is 9.84 Å². The van der Waals surface area contributed by atoms with E-state index in [1.54, 1.807) is 31.2 Å². The van der Waals surface area contributed by atoms with E-state index < -0.39 is 9.84 Å². The fraction of sp³-hybridized carbons (Fsp3) is 0.250. The summed E-state index contributed by atoms with van der Waals surface area (Å²) >= 11 is 0. The second kappa shape index (κ2) is 6.74. The monoisotopic (exact) mass is 305 g/mol. The van der Waals surface area contributed by atoms with Gasteiger partial charge in [0.2, 0.25) is 0 Å². The van der Waals surface area contributed by atoms with Crippen LogP contribution in [0.25, 0.3) is 0 Å². The molecule has 21 heavy (non-hydrogen) atoms. The molecular weight excluding hydrogens is 286 g/mol. The number of anilines is 1. The first kappa shape index (κ1) is 15.5. The number of hydrogen-bond acceptors (Lipinski definition) is 4. The van der Waals surface area contributed by atoms with Gasteiger partial charge < -0.3 is 10.4 Å². The standard InChI is InChI=1S/C16H19NO3S/c1-2-21(19,20)16-8-6-15(7-9-16)17-11-13-4-3-5-14(10-13)12-18/h3-10,17-18H,2,11-12H2,1H3. The zero-order chi connectivity index (χ0) is 15.3. The Kier molecular flexibility index (Phi) is 4.98. The number of benzene rings is 2. The third kappa shape index (κ3) is 4.06. The molecule has 0 aliphatic rings. The Morgan fingerprint density at radius 2 is 1.71 bits per heavy atom. The minimum Gasteiger partial charge on any atom is -0.392 e. The summed E-state index contributed by atoms with van der Waals surface area (Å²) in [5, 5.41) is 12.3. The summed E-state index contributed by atoms with van der Waals surface area (Å²) in [6, 6.07) is 14.4. The van der Waals surface area contributed by atoms with Crippen LogP contribution in [0.5, 0.6) is 0 Å². The molecule has 2 aromatic carbocycles. The van der Waals surface area contributed by atoms with Crippen LogP contribution in [0.2, 0.25) is 0 Å². The van der Waals surface area contributed by atoms with Gasteiger partial charge in [-0.05, 0) is 35.4 Å². The molecule has 5 heteroatoms. The summed E-state index contributed by atoms with van der Waals surface area (Å²) < 4.78 is 23.4. The molecule has 0 heterocycles. The average molecular weight is 305 g/mol. The van der Waals surface area contributed by atoms with Gasteiger partial charge in [-0.15, -0.1) is 0 Å². The Morgan fingerprint density at radius 3 is 2.33 bits per heavy atom. The molecule has 0 atom stereocenters. The van der Waals surface area contributed by atoms with Crippen LogP contribution in [0.1, 0.15) is 18.1 Å². The molecule has 0 fully saturated rings. The molecule has 112 valence electrons. The summed E-state index contributed by atoms with van der Waals surface area (Å²) in [6.45, 7) is 2.28. The highest BCUT2D eigenvalue weighted by atomic mass is 32.2. The normalized spacial score (nSPS) is 11.3. The number of sulfone groups is 1. The zero-order valence-corrected chi connectivity index (χ0v) is 12.7. The number of nitrogens with one attached hydrogen (secondary N) is 1. The first-order chi connectivity index (χ1) is 10.0. The Morgan fingerprint density at radius 1 is 1.05 bits per heavy atom. The van der Waals surface area contributed by atoms with E-state index in [1.807, 2.05) is 24.3 Å². The van der Waals surface area contributed by atoms with Crippen molar-refractivity contribution in [1.82, 2.24) is 0 Å². The lowest BCUT2D eigenvalue weighted by Crippen LogP contribution is -2.04. The maximum atomic E-state index is 11.7. The molecule has 0 amide bonds. The van der Waals surface area contributed by atoms with Gasteiger partial charge in [-0.2, -0.15) is 0 Å². The summed E-state index contributed by atoms with van der Waals surface area (Å²) in [6.07, 6.45) is 0. The third-order valence-corrected chi connectivity index (χ3v) is 5.01. The lowest BCUT2D eigenvalue weighted by atomic mass is 10.1. The van der Waals surface area contributed by atoms with Crippen LogP contribution in [0, 0.1) is 0 Å². The summed E-state index contributed by atoms with van der Waals surface area (Å²) in [5.74, 6) is 0.105. The molecule has 2 aromatic rings. The van der Waals surface area contributed by atoms with Gasteiger partial charge in [-0.3, -0.25) is 0 Å². The predicted octanol–water partition coefficient (Wildman–Crippen LogP) is 2.58. The zero-order valence-electron chi connectivity index (χ0n) is 11.9. The minimum absolute atomic E-state index is 0.0252.